The smallest absolute Gasteiger partial charge is 0.161 e. The Morgan fingerprint density at radius 3 is 2.48 bits per heavy atom. The summed E-state index contributed by atoms with van der Waals surface area (Å²) in [6.45, 7) is 2.46. The lowest BCUT2D eigenvalue weighted by molar-refractivity contribution is 0.0742. The molecule has 0 radical (unpaired) electrons. The number of rotatable bonds is 5. The fourth-order valence-electron chi connectivity index (χ4n) is 4.01. The van der Waals surface area contributed by atoms with Crippen LogP contribution in [0.3, 0.4) is 0 Å². The van der Waals surface area contributed by atoms with Crippen LogP contribution < -0.4 is 9.47 Å². The second-order valence-corrected chi connectivity index (χ2v) is 6.84. The minimum Gasteiger partial charge on any atom is -0.493 e. The third-order valence-electron chi connectivity index (χ3n) is 5.15. The number of aliphatic hydroxyl groups excluding tert-OH is 1. The lowest BCUT2D eigenvalue weighted by Gasteiger charge is -2.46. The predicted octanol–water partition coefficient (Wildman–Crippen LogP) is 3.68. The first kappa shape index (κ1) is 14.7. The van der Waals surface area contributed by atoms with Crippen LogP contribution in [0.5, 0.6) is 11.5 Å². The number of aliphatic hydroxyl groups is 1. The van der Waals surface area contributed by atoms with E-state index < -0.39 is 0 Å². The Labute approximate surface area is 127 Å². The first-order valence-electron chi connectivity index (χ1n) is 8.13. The van der Waals surface area contributed by atoms with E-state index in [1.165, 1.54) is 18.4 Å². The van der Waals surface area contributed by atoms with Crippen LogP contribution in [0.1, 0.15) is 51.0 Å². The van der Waals surface area contributed by atoms with Crippen molar-refractivity contribution in [2.24, 2.45) is 5.92 Å². The van der Waals surface area contributed by atoms with E-state index in [0.29, 0.717) is 12.0 Å². The molecule has 3 rings (SSSR count). The zero-order valence-electron chi connectivity index (χ0n) is 13.1. The Morgan fingerprint density at radius 2 is 1.90 bits per heavy atom. The quantitative estimate of drug-likeness (QED) is 0.899. The molecule has 0 unspecified atom stereocenters. The molecule has 1 N–H and O–H groups in total. The van der Waals surface area contributed by atoms with Gasteiger partial charge in [-0.25, -0.2) is 0 Å². The van der Waals surface area contributed by atoms with Crippen molar-refractivity contribution in [1.82, 2.24) is 0 Å². The van der Waals surface area contributed by atoms with Crippen LogP contribution >= 0.6 is 0 Å². The Kier molecular flexibility index (Phi) is 4.12. The molecule has 0 amide bonds. The molecule has 0 heterocycles. The van der Waals surface area contributed by atoms with Crippen LogP contribution in [0.4, 0.5) is 0 Å². The SMILES string of the molecule is COc1ccc(C2(CO)CC(C)C2)cc1OC1CCCC1. The van der Waals surface area contributed by atoms with E-state index in [-0.39, 0.29) is 12.0 Å². The number of ether oxygens (including phenoxy) is 2. The molecular weight excluding hydrogens is 264 g/mol. The number of methoxy groups -OCH3 is 1. The van der Waals surface area contributed by atoms with Gasteiger partial charge in [0.1, 0.15) is 0 Å². The molecule has 2 fully saturated rings. The summed E-state index contributed by atoms with van der Waals surface area (Å²) in [6, 6.07) is 6.17. The highest BCUT2D eigenvalue weighted by Gasteiger charge is 2.43. The molecule has 0 aliphatic heterocycles. The topological polar surface area (TPSA) is 38.7 Å². The summed E-state index contributed by atoms with van der Waals surface area (Å²) in [4.78, 5) is 0. The molecular formula is C18H26O3. The molecule has 21 heavy (non-hydrogen) atoms. The molecule has 2 aliphatic rings. The van der Waals surface area contributed by atoms with Crippen molar-refractivity contribution in [2.75, 3.05) is 13.7 Å². The van der Waals surface area contributed by atoms with E-state index in [0.717, 1.165) is 37.2 Å². The molecule has 3 nitrogen and oxygen atoms in total. The van der Waals surface area contributed by atoms with Crippen molar-refractivity contribution in [3.8, 4) is 11.5 Å². The van der Waals surface area contributed by atoms with Gasteiger partial charge in [0.25, 0.3) is 0 Å². The summed E-state index contributed by atoms with van der Waals surface area (Å²) in [5, 5.41) is 9.84. The zero-order valence-corrected chi connectivity index (χ0v) is 13.1. The van der Waals surface area contributed by atoms with Crippen LogP contribution in [0.25, 0.3) is 0 Å². The lowest BCUT2D eigenvalue weighted by Crippen LogP contribution is -2.43. The van der Waals surface area contributed by atoms with E-state index in [2.05, 4.69) is 19.1 Å². The van der Waals surface area contributed by atoms with Gasteiger partial charge in [0.2, 0.25) is 0 Å². The second kappa shape index (κ2) is 5.88. The van der Waals surface area contributed by atoms with Gasteiger partial charge in [-0.2, -0.15) is 0 Å². The highest BCUT2D eigenvalue weighted by atomic mass is 16.5. The molecule has 3 heteroatoms. The minimum atomic E-state index is -0.0700. The summed E-state index contributed by atoms with van der Waals surface area (Å²) in [6.07, 6.45) is 7.21. The van der Waals surface area contributed by atoms with Gasteiger partial charge < -0.3 is 14.6 Å². The van der Waals surface area contributed by atoms with Gasteiger partial charge in [0.05, 0.1) is 19.8 Å². The molecule has 1 aromatic rings. The van der Waals surface area contributed by atoms with Crippen molar-refractivity contribution in [3.05, 3.63) is 23.8 Å². The maximum atomic E-state index is 9.84. The largest absolute Gasteiger partial charge is 0.493 e. The van der Waals surface area contributed by atoms with Crippen LogP contribution in [0.15, 0.2) is 18.2 Å². The first-order valence-corrected chi connectivity index (χ1v) is 8.13. The van der Waals surface area contributed by atoms with Crippen LogP contribution in [0, 0.1) is 5.92 Å². The van der Waals surface area contributed by atoms with Crippen LogP contribution in [-0.4, -0.2) is 24.9 Å². The molecule has 2 saturated carbocycles. The third kappa shape index (κ3) is 2.76. The fraction of sp³-hybridized carbons (Fsp3) is 0.667. The minimum absolute atomic E-state index is 0.0700. The van der Waals surface area contributed by atoms with Crippen molar-refractivity contribution >= 4 is 0 Å². The highest BCUT2D eigenvalue weighted by Crippen LogP contribution is 2.49. The second-order valence-electron chi connectivity index (χ2n) is 6.84. The van der Waals surface area contributed by atoms with Gasteiger partial charge in [0.15, 0.2) is 11.5 Å². The van der Waals surface area contributed by atoms with Crippen molar-refractivity contribution in [3.63, 3.8) is 0 Å². The van der Waals surface area contributed by atoms with Gasteiger partial charge in [0, 0.05) is 5.41 Å². The zero-order chi connectivity index (χ0) is 14.9. The molecule has 0 aromatic heterocycles. The number of hydrogen-bond donors (Lipinski definition) is 1. The van der Waals surface area contributed by atoms with E-state index >= 15 is 0 Å². The number of benzene rings is 1. The predicted molar refractivity (Wildman–Crippen MR) is 83.0 cm³/mol. The van der Waals surface area contributed by atoms with Crippen LogP contribution in [0.2, 0.25) is 0 Å². The van der Waals surface area contributed by atoms with Gasteiger partial charge in [-0.1, -0.05) is 13.0 Å². The molecule has 0 atom stereocenters. The van der Waals surface area contributed by atoms with Crippen molar-refractivity contribution in [2.45, 2.75) is 57.0 Å². The summed E-state index contributed by atoms with van der Waals surface area (Å²) in [5.41, 5.74) is 1.12. The van der Waals surface area contributed by atoms with Gasteiger partial charge in [-0.05, 0) is 62.1 Å². The van der Waals surface area contributed by atoms with Gasteiger partial charge in [-0.15, -0.1) is 0 Å². The average Bonchev–Trinajstić information content (AvgIpc) is 2.96. The summed E-state index contributed by atoms with van der Waals surface area (Å²) in [7, 11) is 1.68. The average molecular weight is 290 g/mol. The Hall–Kier alpha value is -1.22. The third-order valence-corrected chi connectivity index (χ3v) is 5.15. The van der Waals surface area contributed by atoms with E-state index in [9.17, 15) is 5.11 Å². The maximum absolute atomic E-state index is 9.84. The normalized spacial score (nSPS) is 29.2. The lowest BCUT2D eigenvalue weighted by atomic mass is 9.59. The number of hydrogen-bond acceptors (Lipinski definition) is 3. The Balaban J connectivity index is 1.85. The molecule has 2 aliphatic carbocycles. The van der Waals surface area contributed by atoms with E-state index in [1.807, 2.05) is 6.07 Å². The summed E-state index contributed by atoms with van der Waals surface area (Å²) >= 11 is 0. The van der Waals surface area contributed by atoms with Gasteiger partial charge >= 0.3 is 0 Å². The van der Waals surface area contributed by atoms with E-state index in [4.69, 9.17) is 9.47 Å². The van der Waals surface area contributed by atoms with Crippen molar-refractivity contribution < 1.29 is 14.6 Å². The fourth-order valence-corrected chi connectivity index (χ4v) is 4.01. The molecule has 0 spiro atoms. The Morgan fingerprint density at radius 1 is 1.19 bits per heavy atom. The van der Waals surface area contributed by atoms with E-state index in [1.54, 1.807) is 7.11 Å². The molecule has 0 saturated heterocycles. The summed E-state index contributed by atoms with van der Waals surface area (Å²) in [5.74, 6) is 2.33. The first-order chi connectivity index (χ1) is 10.2. The Bertz CT molecular complexity index is 485. The van der Waals surface area contributed by atoms with Crippen molar-refractivity contribution in [1.29, 1.82) is 0 Å². The molecule has 1 aromatic carbocycles. The van der Waals surface area contributed by atoms with Gasteiger partial charge in [-0.3, -0.25) is 0 Å². The maximum Gasteiger partial charge on any atom is 0.161 e. The standard InChI is InChI=1S/C18H26O3/c1-13-10-18(11-13,12-19)14-7-8-16(20-2)17(9-14)21-15-5-3-4-6-15/h7-9,13,15,19H,3-6,10-12H2,1-2H3. The molecule has 116 valence electrons. The summed E-state index contributed by atoms with van der Waals surface area (Å²) < 4.78 is 11.6. The van der Waals surface area contributed by atoms with Crippen LogP contribution in [-0.2, 0) is 5.41 Å². The highest BCUT2D eigenvalue weighted by molar-refractivity contribution is 5.46. The molecule has 0 bridgehead atoms. The monoisotopic (exact) mass is 290 g/mol.